The molecule has 142 valence electrons. The summed E-state index contributed by atoms with van der Waals surface area (Å²) < 4.78 is 1.61. The molecule has 4 N–H and O–H groups in total. The van der Waals surface area contributed by atoms with Gasteiger partial charge in [-0.25, -0.2) is 9.78 Å². The second-order valence-corrected chi connectivity index (χ2v) is 6.28. The maximum absolute atomic E-state index is 12.5. The average Bonchev–Trinajstić information content (AvgIpc) is 3.41. The molecule has 0 bridgehead atoms. The third kappa shape index (κ3) is 2.88. The number of rotatable bonds is 5. The summed E-state index contributed by atoms with van der Waals surface area (Å²) in [6, 6.07) is 2.66. The predicted molar refractivity (Wildman–Crippen MR) is 95.7 cm³/mol. The molecule has 4 amide bonds. The molecule has 1 atom stereocenters. The van der Waals surface area contributed by atoms with E-state index in [-0.39, 0.29) is 12.2 Å². The highest BCUT2D eigenvalue weighted by Gasteiger charge is 2.50. The van der Waals surface area contributed by atoms with Crippen LogP contribution >= 0.6 is 0 Å². The maximum Gasteiger partial charge on any atom is 0.322 e. The zero-order valence-electron chi connectivity index (χ0n) is 14.8. The Labute approximate surface area is 158 Å². The fourth-order valence-electron chi connectivity index (χ4n) is 3.04. The van der Waals surface area contributed by atoms with Crippen LogP contribution in [-0.2, 0) is 17.4 Å². The van der Waals surface area contributed by atoms with Crippen LogP contribution in [-0.4, -0.2) is 49.1 Å². The van der Waals surface area contributed by atoms with Gasteiger partial charge in [0, 0.05) is 43.0 Å². The number of carbonyl (C=O) groups excluding carboxylic acids is 3. The average molecular weight is 380 g/mol. The molecule has 28 heavy (non-hydrogen) atoms. The zero-order valence-corrected chi connectivity index (χ0v) is 14.8. The first-order valence-electron chi connectivity index (χ1n) is 8.34. The van der Waals surface area contributed by atoms with Crippen molar-refractivity contribution in [2.24, 2.45) is 7.05 Å². The third-order valence-corrected chi connectivity index (χ3v) is 4.49. The fourth-order valence-corrected chi connectivity index (χ4v) is 3.04. The zero-order chi connectivity index (χ0) is 19.7. The number of nitrogens with one attached hydrogen (secondary N) is 4. The number of H-pyrrole nitrogens is 1. The molecule has 4 rings (SSSR count). The van der Waals surface area contributed by atoms with Gasteiger partial charge in [-0.3, -0.25) is 25.0 Å². The lowest BCUT2D eigenvalue weighted by molar-refractivity contribution is -0.124. The van der Waals surface area contributed by atoms with Gasteiger partial charge in [0.05, 0.1) is 12.7 Å². The highest BCUT2D eigenvalue weighted by atomic mass is 16.2. The Morgan fingerprint density at radius 3 is 2.64 bits per heavy atom. The lowest BCUT2D eigenvalue weighted by Gasteiger charge is -2.25. The number of hydrogen-bond acceptors (Lipinski definition) is 6. The number of aryl methyl sites for hydroxylation is 1. The summed E-state index contributed by atoms with van der Waals surface area (Å²) in [5, 5.41) is 14.0. The number of amides is 4. The van der Waals surface area contributed by atoms with Crippen LogP contribution in [0.3, 0.4) is 0 Å². The standard InChI is InChI=1S/C17H16N8O3/c1-25-5-4-18-14(25)17(15(27)23-16(28)24-17)9-20-13(26)12-3-2-10(6-19-12)11-7-21-22-8-11/h2-8H,9H2,1H3,(H,20,26)(H,21,22)(H2,23,24,27,28). The van der Waals surface area contributed by atoms with Crippen molar-refractivity contribution in [3.05, 3.63) is 54.6 Å². The minimum Gasteiger partial charge on any atom is -0.347 e. The van der Waals surface area contributed by atoms with Crippen molar-refractivity contribution in [3.8, 4) is 11.1 Å². The van der Waals surface area contributed by atoms with E-state index in [0.29, 0.717) is 5.82 Å². The van der Waals surface area contributed by atoms with Crippen molar-refractivity contribution in [2.75, 3.05) is 6.54 Å². The van der Waals surface area contributed by atoms with Crippen molar-refractivity contribution < 1.29 is 14.4 Å². The molecule has 0 aromatic carbocycles. The molecule has 1 aliphatic rings. The predicted octanol–water partition coefficient (Wildman–Crippen LogP) is -0.330. The van der Waals surface area contributed by atoms with Crippen LogP contribution in [0.4, 0.5) is 4.79 Å². The smallest absolute Gasteiger partial charge is 0.322 e. The maximum atomic E-state index is 12.5. The topological polar surface area (TPSA) is 147 Å². The second-order valence-electron chi connectivity index (χ2n) is 6.28. The molecule has 4 heterocycles. The number of imide groups is 1. The lowest BCUT2D eigenvalue weighted by Crippen LogP contribution is -2.54. The van der Waals surface area contributed by atoms with E-state index in [4.69, 9.17) is 0 Å². The van der Waals surface area contributed by atoms with E-state index in [2.05, 4.69) is 36.1 Å². The van der Waals surface area contributed by atoms with Crippen LogP contribution in [0.2, 0.25) is 0 Å². The van der Waals surface area contributed by atoms with Gasteiger partial charge in [0.15, 0.2) is 5.54 Å². The van der Waals surface area contributed by atoms with Crippen molar-refractivity contribution in [3.63, 3.8) is 0 Å². The molecule has 1 unspecified atom stereocenters. The van der Waals surface area contributed by atoms with Crippen LogP contribution in [0, 0.1) is 0 Å². The molecule has 1 saturated heterocycles. The highest BCUT2D eigenvalue weighted by Crippen LogP contribution is 2.23. The van der Waals surface area contributed by atoms with E-state index < -0.39 is 23.4 Å². The Morgan fingerprint density at radius 2 is 2.07 bits per heavy atom. The van der Waals surface area contributed by atoms with Gasteiger partial charge in [-0.15, -0.1) is 0 Å². The Balaban J connectivity index is 1.53. The first kappa shape index (κ1) is 17.4. The fraction of sp³-hybridized carbons (Fsp3) is 0.176. The van der Waals surface area contributed by atoms with Gasteiger partial charge >= 0.3 is 6.03 Å². The van der Waals surface area contributed by atoms with Crippen molar-refractivity contribution >= 4 is 17.8 Å². The van der Waals surface area contributed by atoms with Gasteiger partial charge in [0.2, 0.25) is 0 Å². The summed E-state index contributed by atoms with van der Waals surface area (Å²) in [5.74, 6) is -0.768. The largest absolute Gasteiger partial charge is 0.347 e. The molecule has 0 spiro atoms. The number of pyridine rings is 1. The molecule has 11 heteroatoms. The van der Waals surface area contributed by atoms with Crippen LogP contribution in [0.15, 0.2) is 43.1 Å². The number of nitrogens with zero attached hydrogens (tertiary/aromatic N) is 4. The van der Waals surface area contributed by atoms with Gasteiger partial charge in [-0.05, 0) is 6.07 Å². The monoisotopic (exact) mass is 380 g/mol. The normalized spacial score (nSPS) is 18.6. The number of hydrogen-bond donors (Lipinski definition) is 4. The number of imidazole rings is 1. The molecule has 1 aliphatic heterocycles. The summed E-state index contributed by atoms with van der Waals surface area (Å²) in [5.41, 5.74) is 0.324. The van der Waals surface area contributed by atoms with Crippen molar-refractivity contribution in [1.82, 2.24) is 40.7 Å². The highest BCUT2D eigenvalue weighted by molar-refractivity contribution is 6.07. The summed E-state index contributed by atoms with van der Waals surface area (Å²) in [6.45, 7) is -0.181. The Bertz CT molecular complexity index is 1040. The van der Waals surface area contributed by atoms with E-state index in [9.17, 15) is 14.4 Å². The van der Waals surface area contributed by atoms with Gasteiger partial charge in [0.25, 0.3) is 11.8 Å². The quantitative estimate of drug-likeness (QED) is 0.446. The molecule has 11 nitrogen and oxygen atoms in total. The molecule has 3 aromatic rings. The minimum atomic E-state index is -1.50. The van der Waals surface area contributed by atoms with Gasteiger partial charge in [-0.1, -0.05) is 6.07 Å². The third-order valence-electron chi connectivity index (χ3n) is 4.49. The van der Waals surface area contributed by atoms with E-state index in [1.807, 2.05) is 0 Å². The van der Waals surface area contributed by atoms with Gasteiger partial charge in [-0.2, -0.15) is 5.10 Å². The first-order valence-corrected chi connectivity index (χ1v) is 8.34. The SMILES string of the molecule is Cn1ccnc1C1(CNC(=O)c2ccc(-c3cn[nH]c3)cn2)NC(=O)NC1=O. The lowest BCUT2D eigenvalue weighted by atomic mass is 9.98. The summed E-state index contributed by atoms with van der Waals surface area (Å²) >= 11 is 0. The molecule has 1 fully saturated rings. The Kier molecular flexibility index (Phi) is 4.11. The number of urea groups is 1. The number of aromatic amines is 1. The number of carbonyl (C=O) groups is 3. The van der Waals surface area contributed by atoms with Crippen molar-refractivity contribution in [1.29, 1.82) is 0 Å². The van der Waals surface area contributed by atoms with Crippen LogP contribution in [0.25, 0.3) is 11.1 Å². The van der Waals surface area contributed by atoms with E-state index >= 15 is 0 Å². The Morgan fingerprint density at radius 1 is 1.21 bits per heavy atom. The molecule has 0 aliphatic carbocycles. The molecule has 0 saturated carbocycles. The molecular weight excluding hydrogens is 364 g/mol. The van der Waals surface area contributed by atoms with E-state index in [0.717, 1.165) is 11.1 Å². The molecule has 0 radical (unpaired) electrons. The molecular formula is C17H16N8O3. The summed E-state index contributed by atoms with van der Waals surface area (Å²) in [4.78, 5) is 45.0. The van der Waals surface area contributed by atoms with Gasteiger partial charge < -0.3 is 15.2 Å². The summed E-state index contributed by atoms with van der Waals surface area (Å²) in [7, 11) is 1.69. The van der Waals surface area contributed by atoms with Crippen LogP contribution in [0.5, 0.6) is 0 Å². The first-order chi connectivity index (χ1) is 13.5. The minimum absolute atomic E-state index is 0.173. The number of aromatic nitrogens is 5. The van der Waals surface area contributed by atoms with E-state index in [1.165, 1.54) is 6.20 Å². The summed E-state index contributed by atoms with van der Waals surface area (Å²) in [6.07, 6.45) is 8.07. The van der Waals surface area contributed by atoms with Crippen molar-refractivity contribution in [2.45, 2.75) is 5.54 Å². The van der Waals surface area contributed by atoms with Gasteiger partial charge in [0.1, 0.15) is 11.5 Å². The van der Waals surface area contributed by atoms with Crippen LogP contribution in [0.1, 0.15) is 16.3 Å². The van der Waals surface area contributed by atoms with E-state index in [1.54, 1.807) is 48.5 Å². The Hall–Kier alpha value is -4.02. The second kappa shape index (κ2) is 6.61. The molecule has 3 aromatic heterocycles. The van der Waals surface area contributed by atoms with Crippen LogP contribution < -0.4 is 16.0 Å².